The number of nitrogens with zero attached hydrogens (tertiary/aromatic N) is 8. The van der Waals surface area contributed by atoms with Gasteiger partial charge in [-0.3, -0.25) is 9.69 Å². The number of aromatic hydroxyl groups is 1. The Bertz CT molecular complexity index is 1580. The number of nitrogens with one attached hydrogen (secondary N) is 1. The zero-order valence-corrected chi connectivity index (χ0v) is 27.2. The summed E-state index contributed by atoms with van der Waals surface area (Å²) in [6, 6.07) is 10.2. The molecule has 8 rings (SSSR count). The minimum absolute atomic E-state index is 0.0123. The lowest BCUT2D eigenvalue weighted by Gasteiger charge is -2.56. The number of carbonyl (C=O) groups is 1. The molecule has 5 heterocycles. The van der Waals surface area contributed by atoms with Crippen molar-refractivity contribution < 1.29 is 14.6 Å². The van der Waals surface area contributed by atoms with Gasteiger partial charge in [-0.2, -0.15) is 0 Å². The number of carbonyl (C=O) groups excluding carboxylic acids is 1. The molecule has 4 fully saturated rings. The van der Waals surface area contributed by atoms with Gasteiger partial charge in [0.1, 0.15) is 5.75 Å². The number of para-hydroxylation sites is 1. The Labute approximate surface area is 276 Å². The zero-order chi connectivity index (χ0) is 32.0. The maximum absolute atomic E-state index is 12.2. The van der Waals surface area contributed by atoms with Gasteiger partial charge in [-0.1, -0.05) is 12.1 Å². The number of hydrogen-bond donors (Lipinski definition) is 2. The maximum Gasteiger partial charge on any atom is 0.308 e. The second-order valence-electron chi connectivity index (χ2n) is 14.0. The van der Waals surface area contributed by atoms with E-state index in [0.717, 1.165) is 88.3 Å². The van der Waals surface area contributed by atoms with Crippen molar-refractivity contribution in [1.29, 1.82) is 0 Å². The Hall–Kier alpha value is -4.19. The molecular formula is C35H45N9O3. The first-order chi connectivity index (χ1) is 23.0. The molecule has 2 aromatic heterocycles. The van der Waals surface area contributed by atoms with Gasteiger partial charge in [-0.25, -0.2) is 9.97 Å². The molecule has 2 aliphatic carbocycles. The number of benzene rings is 1. The molecule has 1 atom stereocenters. The van der Waals surface area contributed by atoms with Gasteiger partial charge < -0.3 is 29.9 Å². The summed E-state index contributed by atoms with van der Waals surface area (Å²) in [5, 5.41) is 22.6. The smallest absolute Gasteiger partial charge is 0.308 e. The predicted octanol–water partition coefficient (Wildman–Crippen LogP) is 3.78. The Morgan fingerprint density at radius 1 is 0.979 bits per heavy atom. The van der Waals surface area contributed by atoms with E-state index >= 15 is 0 Å². The molecule has 5 aliphatic rings. The van der Waals surface area contributed by atoms with E-state index in [1.165, 1.54) is 25.7 Å². The number of phenolic OH excluding ortho intramolecular Hbond substituents is 1. The van der Waals surface area contributed by atoms with Crippen molar-refractivity contribution in [3.63, 3.8) is 0 Å². The third-order valence-electron chi connectivity index (χ3n) is 11.4. The van der Waals surface area contributed by atoms with Crippen LogP contribution in [-0.2, 0) is 9.53 Å². The second-order valence-corrected chi connectivity index (χ2v) is 14.0. The van der Waals surface area contributed by atoms with Crippen LogP contribution in [0.15, 0.2) is 42.7 Å². The lowest BCUT2D eigenvalue weighted by Crippen LogP contribution is -2.58. The monoisotopic (exact) mass is 639 g/mol. The van der Waals surface area contributed by atoms with Crippen LogP contribution in [0, 0.1) is 11.3 Å². The Balaban J connectivity index is 0.831. The van der Waals surface area contributed by atoms with Crippen molar-refractivity contribution >= 4 is 29.1 Å². The fourth-order valence-electron chi connectivity index (χ4n) is 8.61. The van der Waals surface area contributed by atoms with Gasteiger partial charge in [-0.15, -0.1) is 10.2 Å². The molecule has 0 radical (unpaired) electrons. The van der Waals surface area contributed by atoms with Gasteiger partial charge in [0.05, 0.1) is 48.0 Å². The SMILES string of the molecule is CCOC(=O)C1CCC2(CC1)CC(N1CCN(c3cnc(N4CCN5c6cc(-c7ccccc7O)nnc6NC[C@H]5C4)nc3)CC1)C2. The molecule has 248 valence electrons. The quantitative estimate of drug-likeness (QED) is 0.382. The lowest BCUT2D eigenvalue weighted by molar-refractivity contribution is -0.151. The fraction of sp³-hybridized carbons (Fsp3) is 0.571. The van der Waals surface area contributed by atoms with Gasteiger partial charge in [0.15, 0.2) is 5.82 Å². The number of esters is 1. The molecular weight excluding hydrogens is 594 g/mol. The van der Waals surface area contributed by atoms with Crippen LogP contribution in [-0.4, -0.2) is 107 Å². The van der Waals surface area contributed by atoms with E-state index in [-0.39, 0.29) is 23.7 Å². The first kappa shape index (κ1) is 30.2. The highest BCUT2D eigenvalue weighted by Crippen LogP contribution is 2.54. The highest BCUT2D eigenvalue weighted by atomic mass is 16.5. The number of hydrogen-bond acceptors (Lipinski definition) is 12. The lowest BCUT2D eigenvalue weighted by atomic mass is 9.56. The summed E-state index contributed by atoms with van der Waals surface area (Å²) in [6.07, 6.45) is 10.9. The van der Waals surface area contributed by atoms with Crippen LogP contribution in [0.2, 0.25) is 0 Å². The van der Waals surface area contributed by atoms with Crippen molar-refractivity contribution in [2.24, 2.45) is 11.3 Å². The maximum atomic E-state index is 12.2. The molecule has 0 unspecified atom stereocenters. The number of anilines is 4. The fourth-order valence-corrected chi connectivity index (χ4v) is 8.61. The van der Waals surface area contributed by atoms with E-state index < -0.39 is 0 Å². The number of fused-ring (bicyclic) bond motifs is 3. The Morgan fingerprint density at radius 2 is 1.72 bits per heavy atom. The molecule has 3 aromatic rings. The van der Waals surface area contributed by atoms with Crippen molar-refractivity contribution in [3.05, 3.63) is 42.7 Å². The largest absolute Gasteiger partial charge is 0.507 e. The topological polar surface area (TPSA) is 123 Å². The molecule has 12 nitrogen and oxygen atoms in total. The van der Waals surface area contributed by atoms with E-state index in [9.17, 15) is 9.90 Å². The number of piperazine rings is 2. The molecule has 0 bridgehead atoms. The first-order valence-electron chi connectivity index (χ1n) is 17.4. The zero-order valence-electron chi connectivity index (χ0n) is 27.2. The molecule has 0 amide bonds. The van der Waals surface area contributed by atoms with Crippen molar-refractivity contribution in [1.82, 2.24) is 25.1 Å². The van der Waals surface area contributed by atoms with E-state index in [2.05, 4.69) is 35.1 Å². The molecule has 12 heteroatoms. The van der Waals surface area contributed by atoms with Crippen LogP contribution < -0.4 is 20.0 Å². The van der Waals surface area contributed by atoms with Crippen molar-refractivity contribution in [2.75, 3.05) is 79.0 Å². The molecule has 1 spiro atoms. The molecule has 2 saturated carbocycles. The summed E-state index contributed by atoms with van der Waals surface area (Å²) in [4.78, 5) is 31.6. The molecule has 3 aliphatic heterocycles. The van der Waals surface area contributed by atoms with Crippen LogP contribution in [0.4, 0.5) is 23.1 Å². The molecule has 2 N–H and O–H groups in total. The Kier molecular flexibility index (Phi) is 7.98. The van der Waals surface area contributed by atoms with E-state index in [1.807, 2.05) is 43.6 Å². The van der Waals surface area contributed by atoms with Crippen molar-refractivity contribution in [3.8, 4) is 17.0 Å². The molecule has 1 aromatic carbocycles. The van der Waals surface area contributed by atoms with E-state index in [1.54, 1.807) is 6.07 Å². The van der Waals surface area contributed by atoms with Crippen molar-refractivity contribution in [2.45, 2.75) is 57.5 Å². The average Bonchev–Trinajstić information content (AvgIpc) is 3.10. The van der Waals surface area contributed by atoms with Gasteiger partial charge in [0, 0.05) is 64.0 Å². The van der Waals surface area contributed by atoms with Gasteiger partial charge in [0.25, 0.3) is 0 Å². The number of aromatic nitrogens is 4. The normalized spacial score (nSPS) is 27.4. The average molecular weight is 640 g/mol. The van der Waals surface area contributed by atoms with E-state index in [4.69, 9.17) is 14.7 Å². The van der Waals surface area contributed by atoms with Crippen LogP contribution in [0.25, 0.3) is 11.3 Å². The minimum atomic E-state index is 0.0123. The summed E-state index contributed by atoms with van der Waals surface area (Å²) in [6.45, 7) is 9.73. The second kappa shape index (κ2) is 12.4. The summed E-state index contributed by atoms with van der Waals surface area (Å²) in [7, 11) is 0. The summed E-state index contributed by atoms with van der Waals surface area (Å²) >= 11 is 0. The molecule has 47 heavy (non-hydrogen) atoms. The first-order valence-corrected chi connectivity index (χ1v) is 17.4. The highest BCUT2D eigenvalue weighted by molar-refractivity contribution is 5.77. The number of ether oxygens (including phenoxy) is 1. The minimum Gasteiger partial charge on any atom is -0.507 e. The van der Waals surface area contributed by atoms with Gasteiger partial charge in [-0.05, 0) is 69.1 Å². The summed E-state index contributed by atoms with van der Waals surface area (Å²) in [5.41, 5.74) is 3.92. The van der Waals surface area contributed by atoms with Crippen LogP contribution in [0.3, 0.4) is 0 Å². The van der Waals surface area contributed by atoms with Crippen LogP contribution in [0.1, 0.15) is 45.4 Å². The van der Waals surface area contributed by atoms with Gasteiger partial charge >= 0.3 is 5.97 Å². The van der Waals surface area contributed by atoms with Gasteiger partial charge in [0.2, 0.25) is 5.95 Å². The summed E-state index contributed by atoms with van der Waals surface area (Å²) in [5.74, 6) is 1.89. The number of phenols is 1. The Morgan fingerprint density at radius 3 is 2.47 bits per heavy atom. The van der Waals surface area contributed by atoms with E-state index in [0.29, 0.717) is 29.3 Å². The predicted molar refractivity (Wildman–Crippen MR) is 181 cm³/mol. The third-order valence-corrected chi connectivity index (χ3v) is 11.4. The third kappa shape index (κ3) is 5.81. The number of rotatable bonds is 6. The van der Waals surface area contributed by atoms with Crippen LogP contribution >= 0.6 is 0 Å². The molecule has 2 saturated heterocycles. The summed E-state index contributed by atoms with van der Waals surface area (Å²) < 4.78 is 5.27. The standard InChI is InChI=1S/C35H45N9O3/c1-2-47-33(46)24-7-9-35(10-8-24)18-25(19-35)41-11-13-42(14-12-41)26-20-37-34(38-21-26)43-15-16-44-27(23-43)22-36-32-30(44)17-29(39-40-32)28-5-3-4-6-31(28)45/h3-6,17,20-21,24-25,27,45H,2,7-16,18-19,22-23H2,1H3,(H,36,40)/t24?,25?,27-,35?/m0/s1. The highest BCUT2D eigenvalue weighted by Gasteiger charge is 2.49. The van der Waals surface area contributed by atoms with Crippen LogP contribution in [0.5, 0.6) is 5.75 Å².